The number of hydrogen-bond acceptors (Lipinski definition) is 4. The number of allylic oxidation sites excluding steroid dienone is 2. The molecule has 0 aliphatic carbocycles. The number of sulfonamides is 1. The van der Waals surface area contributed by atoms with Gasteiger partial charge in [-0.15, -0.1) is 0 Å². The first-order valence-electron chi connectivity index (χ1n) is 5.32. The average Bonchev–Trinajstić information content (AvgIpc) is 2.90. The van der Waals surface area contributed by atoms with Gasteiger partial charge in [-0.3, -0.25) is 0 Å². The van der Waals surface area contributed by atoms with Crippen molar-refractivity contribution in [2.24, 2.45) is 5.14 Å². The van der Waals surface area contributed by atoms with Gasteiger partial charge in [-0.25, -0.2) is 18.4 Å². The molecule has 2 N–H and O–H groups in total. The lowest BCUT2D eigenvalue weighted by molar-refractivity contribution is 0.0600. The van der Waals surface area contributed by atoms with Gasteiger partial charge in [0.15, 0.2) is 0 Å². The van der Waals surface area contributed by atoms with Crippen LogP contribution in [0, 0.1) is 0 Å². The molecule has 2 rings (SSSR count). The Hall–Kier alpha value is -1.57. The predicted octanol–water partition coefficient (Wildman–Crippen LogP) is 1.52. The van der Waals surface area contributed by atoms with Crippen molar-refractivity contribution in [1.82, 2.24) is 0 Å². The van der Waals surface area contributed by atoms with Crippen LogP contribution in [0.1, 0.15) is 10.4 Å². The molecule has 1 aliphatic rings. The normalized spacial score (nSPS) is 15.8. The van der Waals surface area contributed by atoms with Crippen LogP contribution in [0.3, 0.4) is 0 Å². The van der Waals surface area contributed by atoms with E-state index < -0.39 is 26.9 Å². The largest absolute Gasteiger partial charge is 0.465 e. The Bertz CT molecular complexity index is 665. The molecule has 0 spiro atoms. The van der Waals surface area contributed by atoms with E-state index in [2.05, 4.69) is 4.74 Å². The SMILES string of the molecule is COC(=O)c1ccc([SH]2C=CC=C2)c(S(N)(=O)=O)c1. The van der Waals surface area contributed by atoms with Crippen LogP contribution in [0.15, 0.2) is 51.0 Å². The molecule has 0 radical (unpaired) electrons. The average molecular weight is 299 g/mol. The first kappa shape index (κ1) is 13.9. The first-order chi connectivity index (χ1) is 8.93. The number of ether oxygens (including phenoxy) is 1. The first-order valence-corrected chi connectivity index (χ1v) is 8.34. The number of thiol groups is 1. The van der Waals surface area contributed by atoms with Crippen LogP contribution >= 0.6 is 10.9 Å². The van der Waals surface area contributed by atoms with Gasteiger partial charge in [-0.1, -0.05) is 12.2 Å². The number of nitrogens with two attached hydrogens (primary N) is 1. The van der Waals surface area contributed by atoms with Crippen LogP contribution in [-0.4, -0.2) is 21.5 Å². The molecule has 1 heterocycles. The van der Waals surface area contributed by atoms with Crippen molar-refractivity contribution in [3.8, 4) is 0 Å². The summed E-state index contributed by atoms with van der Waals surface area (Å²) in [6.45, 7) is 0. The number of methoxy groups -OCH3 is 1. The molecule has 19 heavy (non-hydrogen) atoms. The van der Waals surface area contributed by atoms with Crippen LogP contribution in [0.25, 0.3) is 0 Å². The Morgan fingerprint density at radius 1 is 1.26 bits per heavy atom. The summed E-state index contributed by atoms with van der Waals surface area (Å²) in [5.74, 6) is -0.596. The van der Waals surface area contributed by atoms with Crippen molar-refractivity contribution in [3.05, 3.63) is 46.7 Å². The maximum atomic E-state index is 11.7. The highest BCUT2D eigenvalue weighted by atomic mass is 32.2. The molecule has 5 nitrogen and oxygen atoms in total. The number of benzene rings is 1. The molecule has 102 valence electrons. The van der Waals surface area contributed by atoms with E-state index in [-0.39, 0.29) is 10.5 Å². The Labute approximate surface area is 114 Å². The number of carbonyl (C=O) groups is 1. The zero-order valence-electron chi connectivity index (χ0n) is 10.1. The molecule has 0 saturated heterocycles. The highest BCUT2D eigenvalue weighted by molar-refractivity contribution is 8.22. The maximum absolute atomic E-state index is 11.7. The highest BCUT2D eigenvalue weighted by Crippen LogP contribution is 2.45. The molecule has 1 aromatic rings. The molecule has 1 aliphatic heterocycles. The summed E-state index contributed by atoms with van der Waals surface area (Å²) in [6.07, 6.45) is 3.71. The smallest absolute Gasteiger partial charge is 0.337 e. The quantitative estimate of drug-likeness (QED) is 0.654. The zero-order valence-corrected chi connectivity index (χ0v) is 11.8. The van der Waals surface area contributed by atoms with Gasteiger partial charge in [-0.05, 0) is 29.0 Å². The number of carbonyl (C=O) groups excluding carboxylic acids is 1. The van der Waals surface area contributed by atoms with Crippen molar-refractivity contribution >= 4 is 26.9 Å². The minimum atomic E-state index is -3.89. The lowest BCUT2D eigenvalue weighted by atomic mass is 10.2. The van der Waals surface area contributed by atoms with E-state index in [1.165, 1.54) is 19.2 Å². The molecule has 0 amide bonds. The molecule has 0 saturated carbocycles. The van der Waals surface area contributed by atoms with Gasteiger partial charge in [0, 0.05) is 4.90 Å². The summed E-state index contributed by atoms with van der Waals surface area (Å²) >= 11 is 0. The Morgan fingerprint density at radius 3 is 2.42 bits per heavy atom. The van der Waals surface area contributed by atoms with Gasteiger partial charge in [-0.2, -0.15) is 10.9 Å². The Kier molecular flexibility index (Phi) is 3.79. The van der Waals surface area contributed by atoms with Crippen LogP contribution in [-0.2, 0) is 14.8 Å². The van der Waals surface area contributed by atoms with Crippen molar-refractivity contribution in [1.29, 1.82) is 0 Å². The Morgan fingerprint density at radius 2 is 1.89 bits per heavy atom. The summed E-state index contributed by atoms with van der Waals surface area (Å²) < 4.78 is 27.9. The molecule has 0 aromatic heterocycles. The third-order valence-corrected chi connectivity index (χ3v) is 5.61. The van der Waals surface area contributed by atoms with Gasteiger partial charge in [0.05, 0.1) is 17.6 Å². The van der Waals surface area contributed by atoms with Gasteiger partial charge >= 0.3 is 5.97 Å². The summed E-state index contributed by atoms with van der Waals surface area (Å²) in [7, 11) is -3.49. The fourth-order valence-corrected chi connectivity index (χ4v) is 4.60. The lowest BCUT2D eigenvalue weighted by Gasteiger charge is -2.15. The summed E-state index contributed by atoms with van der Waals surface area (Å²) in [5, 5.41) is 9.05. The third-order valence-electron chi connectivity index (χ3n) is 2.57. The monoisotopic (exact) mass is 299 g/mol. The molecule has 0 fully saturated rings. The van der Waals surface area contributed by atoms with Gasteiger partial charge in [0.2, 0.25) is 10.0 Å². The van der Waals surface area contributed by atoms with E-state index in [1.54, 1.807) is 6.07 Å². The minimum absolute atomic E-state index is 0.0299. The maximum Gasteiger partial charge on any atom is 0.337 e. The van der Waals surface area contributed by atoms with Crippen LogP contribution in [0.5, 0.6) is 0 Å². The highest BCUT2D eigenvalue weighted by Gasteiger charge is 2.20. The standard InChI is InChI=1S/C12H13NO4S2/c1-17-12(14)9-4-5-10(18-6-2-3-7-18)11(8-9)19(13,15)16/h2-8,18H,1H3,(H2,13,15,16). The zero-order chi connectivity index (χ0) is 14.0. The second-order valence-corrected chi connectivity index (χ2v) is 7.23. The van der Waals surface area contributed by atoms with E-state index in [1.807, 2.05) is 23.0 Å². The van der Waals surface area contributed by atoms with Crippen molar-refractivity contribution in [2.75, 3.05) is 7.11 Å². The van der Waals surface area contributed by atoms with E-state index in [4.69, 9.17) is 5.14 Å². The van der Waals surface area contributed by atoms with E-state index >= 15 is 0 Å². The lowest BCUT2D eigenvalue weighted by Crippen LogP contribution is -2.15. The molecule has 0 bridgehead atoms. The van der Waals surface area contributed by atoms with Crippen molar-refractivity contribution in [3.63, 3.8) is 0 Å². The van der Waals surface area contributed by atoms with Crippen molar-refractivity contribution in [2.45, 2.75) is 9.79 Å². The second-order valence-electron chi connectivity index (χ2n) is 3.81. The van der Waals surface area contributed by atoms with Crippen LogP contribution in [0.2, 0.25) is 0 Å². The molecule has 7 heteroatoms. The topological polar surface area (TPSA) is 86.5 Å². The van der Waals surface area contributed by atoms with E-state index in [0.29, 0.717) is 4.90 Å². The second kappa shape index (κ2) is 5.20. The number of primary sulfonamides is 1. The van der Waals surface area contributed by atoms with E-state index in [9.17, 15) is 13.2 Å². The fraction of sp³-hybridized carbons (Fsp3) is 0.0833. The molecule has 0 unspecified atom stereocenters. The summed E-state index contributed by atoms with van der Waals surface area (Å²) in [6, 6.07) is 4.41. The van der Waals surface area contributed by atoms with Crippen LogP contribution in [0.4, 0.5) is 0 Å². The van der Waals surface area contributed by atoms with E-state index in [0.717, 1.165) is 0 Å². The fourth-order valence-electron chi connectivity index (χ4n) is 1.70. The molecule has 0 atom stereocenters. The van der Waals surface area contributed by atoms with Gasteiger partial charge in [0.25, 0.3) is 0 Å². The minimum Gasteiger partial charge on any atom is -0.465 e. The Balaban J connectivity index is 2.59. The number of hydrogen-bond donors (Lipinski definition) is 2. The molecular formula is C12H13NO4S2. The van der Waals surface area contributed by atoms with Crippen LogP contribution < -0.4 is 5.14 Å². The summed E-state index contributed by atoms with van der Waals surface area (Å²) in [5.41, 5.74) is 0.164. The molecule has 1 aromatic carbocycles. The van der Waals surface area contributed by atoms with Gasteiger partial charge < -0.3 is 4.74 Å². The third kappa shape index (κ3) is 2.89. The number of rotatable bonds is 3. The molecular weight excluding hydrogens is 286 g/mol. The van der Waals surface area contributed by atoms with Gasteiger partial charge in [0.1, 0.15) is 0 Å². The van der Waals surface area contributed by atoms with Crippen molar-refractivity contribution < 1.29 is 17.9 Å². The summed E-state index contributed by atoms with van der Waals surface area (Å²) in [4.78, 5) is 12.0. The predicted molar refractivity (Wildman–Crippen MR) is 74.7 cm³/mol. The number of esters is 1.